The molecule has 0 amide bonds. The van der Waals surface area contributed by atoms with Crippen LogP contribution in [-0.4, -0.2) is 18.9 Å². The lowest BCUT2D eigenvalue weighted by molar-refractivity contribution is -0.151. The maximum atomic E-state index is 13.9. The van der Waals surface area contributed by atoms with E-state index in [1.54, 1.807) is 0 Å². The zero-order valence-corrected chi connectivity index (χ0v) is 19.8. The number of methoxy groups -OCH3 is 1. The molecular weight excluding hydrogens is 440 g/mol. The average molecular weight is 469 g/mol. The first-order valence-corrected chi connectivity index (χ1v) is 11.8. The first-order chi connectivity index (χ1) is 17.1. The van der Waals surface area contributed by atoms with Gasteiger partial charge in [0.1, 0.15) is 18.3 Å². The van der Waals surface area contributed by atoms with E-state index in [1.807, 2.05) is 85.8 Å². The predicted molar refractivity (Wildman–Crippen MR) is 135 cm³/mol. The van der Waals surface area contributed by atoms with Gasteiger partial charge < -0.3 is 20.1 Å². The van der Waals surface area contributed by atoms with E-state index in [0.717, 1.165) is 28.2 Å². The molecule has 0 bridgehead atoms. The summed E-state index contributed by atoms with van der Waals surface area (Å²) in [6, 6.07) is 25.1. The van der Waals surface area contributed by atoms with E-state index in [-0.39, 0.29) is 11.7 Å². The molecule has 0 fully saturated rings. The number of esters is 1. The van der Waals surface area contributed by atoms with Gasteiger partial charge in [-0.1, -0.05) is 67.6 Å². The molecule has 35 heavy (non-hydrogen) atoms. The lowest BCUT2D eigenvalue weighted by atomic mass is 9.74. The van der Waals surface area contributed by atoms with Gasteiger partial charge in [0.25, 0.3) is 0 Å². The molecule has 0 aromatic heterocycles. The van der Waals surface area contributed by atoms with Crippen molar-refractivity contribution in [3.05, 3.63) is 101 Å². The van der Waals surface area contributed by atoms with Gasteiger partial charge in [-0.05, 0) is 36.1 Å². The van der Waals surface area contributed by atoms with Crippen LogP contribution in [-0.2, 0) is 20.9 Å². The summed E-state index contributed by atoms with van der Waals surface area (Å²) in [6.45, 7) is 2.32. The molecule has 3 atom stereocenters. The van der Waals surface area contributed by atoms with Crippen LogP contribution in [0.2, 0.25) is 0 Å². The Kier molecular flexibility index (Phi) is 6.27. The minimum absolute atomic E-state index is 0.184. The van der Waals surface area contributed by atoms with Crippen LogP contribution in [0.15, 0.2) is 90.1 Å². The first kappa shape index (κ1) is 22.7. The van der Waals surface area contributed by atoms with Gasteiger partial charge in [-0.3, -0.25) is 9.59 Å². The summed E-state index contributed by atoms with van der Waals surface area (Å²) in [5.41, 5.74) is 5.02. The molecule has 5 rings (SSSR count). The largest absolute Gasteiger partial charge is 0.489 e. The van der Waals surface area contributed by atoms with Crippen molar-refractivity contribution in [2.45, 2.75) is 26.0 Å². The molecule has 6 heteroatoms. The SMILES string of the molecule is COC(=O)[C@H]1C(=O)C2=C(C[C@@H]1C)Nc1ccccc1N[C@@H]2c1ccccc1OCc1ccccc1. The van der Waals surface area contributed by atoms with Crippen molar-refractivity contribution in [3.8, 4) is 5.75 Å². The van der Waals surface area contributed by atoms with E-state index in [1.165, 1.54) is 7.11 Å². The van der Waals surface area contributed by atoms with Gasteiger partial charge in [0.15, 0.2) is 5.78 Å². The lowest BCUT2D eigenvalue weighted by Gasteiger charge is -2.33. The maximum Gasteiger partial charge on any atom is 0.316 e. The van der Waals surface area contributed by atoms with E-state index in [4.69, 9.17) is 9.47 Å². The third-order valence-electron chi connectivity index (χ3n) is 6.69. The fourth-order valence-corrected chi connectivity index (χ4v) is 4.95. The number of hydrogen-bond donors (Lipinski definition) is 2. The first-order valence-electron chi connectivity index (χ1n) is 11.8. The molecule has 0 radical (unpaired) electrons. The van der Waals surface area contributed by atoms with Crippen LogP contribution < -0.4 is 15.4 Å². The van der Waals surface area contributed by atoms with E-state index < -0.39 is 17.9 Å². The topological polar surface area (TPSA) is 76.7 Å². The van der Waals surface area contributed by atoms with Crippen LogP contribution >= 0.6 is 0 Å². The summed E-state index contributed by atoms with van der Waals surface area (Å²) in [4.78, 5) is 26.5. The van der Waals surface area contributed by atoms with Gasteiger partial charge in [-0.2, -0.15) is 0 Å². The molecule has 2 N–H and O–H groups in total. The van der Waals surface area contributed by atoms with Crippen molar-refractivity contribution >= 4 is 23.1 Å². The lowest BCUT2D eigenvalue weighted by Crippen LogP contribution is -2.39. The summed E-state index contributed by atoms with van der Waals surface area (Å²) in [5, 5.41) is 7.04. The Balaban J connectivity index is 1.59. The Labute approximate surface area is 205 Å². The van der Waals surface area contributed by atoms with Gasteiger partial charge >= 0.3 is 5.97 Å². The van der Waals surface area contributed by atoms with Crippen LogP contribution in [0.25, 0.3) is 0 Å². The Hall–Kier alpha value is -4.06. The highest BCUT2D eigenvalue weighted by atomic mass is 16.5. The highest BCUT2D eigenvalue weighted by Gasteiger charge is 2.44. The van der Waals surface area contributed by atoms with Gasteiger partial charge in [-0.25, -0.2) is 0 Å². The smallest absolute Gasteiger partial charge is 0.316 e. The number of carbonyl (C=O) groups is 2. The fraction of sp³-hybridized carbons (Fsp3) is 0.241. The second kappa shape index (κ2) is 9.66. The van der Waals surface area contributed by atoms with Gasteiger partial charge in [0, 0.05) is 16.8 Å². The second-order valence-electron chi connectivity index (χ2n) is 9.00. The number of benzene rings is 3. The number of rotatable bonds is 5. The number of anilines is 2. The second-order valence-corrected chi connectivity index (χ2v) is 9.00. The van der Waals surface area contributed by atoms with Crippen LogP contribution in [0.4, 0.5) is 11.4 Å². The Bertz CT molecular complexity index is 1280. The standard InChI is InChI=1S/C29H28N2O4/c1-18-16-23-26(28(32)25(18)29(33)34-2)27(31-22-14-8-7-13-21(22)30-23)20-12-6-9-15-24(20)35-17-19-10-4-3-5-11-19/h3-15,18,25,27,30-31H,16-17H2,1-2H3/t18-,25+,27+/m0/s1. The molecule has 0 saturated carbocycles. The van der Waals surface area contributed by atoms with Crippen molar-refractivity contribution in [3.63, 3.8) is 0 Å². The zero-order chi connectivity index (χ0) is 24.4. The third kappa shape index (κ3) is 4.39. The van der Waals surface area contributed by atoms with E-state index >= 15 is 0 Å². The summed E-state index contributed by atoms with van der Waals surface area (Å²) in [5.74, 6) is -1.06. The Morgan fingerprint density at radius 3 is 2.40 bits per heavy atom. The summed E-state index contributed by atoms with van der Waals surface area (Å²) in [6.07, 6.45) is 0.556. The van der Waals surface area contributed by atoms with Crippen molar-refractivity contribution < 1.29 is 19.1 Å². The minimum Gasteiger partial charge on any atom is -0.489 e. The molecule has 2 aliphatic rings. The van der Waals surface area contributed by atoms with Gasteiger partial charge in [0.2, 0.25) is 0 Å². The number of ether oxygens (including phenoxy) is 2. The highest BCUT2D eigenvalue weighted by molar-refractivity contribution is 6.11. The highest BCUT2D eigenvalue weighted by Crippen LogP contribution is 2.45. The van der Waals surface area contributed by atoms with Crippen LogP contribution in [0, 0.1) is 11.8 Å². The van der Waals surface area contributed by atoms with Crippen LogP contribution in [0.1, 0.15) is 30.5 Å². The van der Waals surface area contributed by atoms with Gasteiger partial charge in [0.05, 0.1) is 24.5 Å². The number of hydrogen-bond acceptors (Lipinski definition) is 6. The molecule has 3 aromatic carbocycles. The summed E-state index contributed by atoms with van der Waals surface area (Å²) in [7, 11) is 1.33. The van der Waals surface area contributed by atoms with E-state index in [9.17, 15) is 9.59 Å². The van der Waals surface area contributed by atoms with Gasteiger partial charge in [-0.15, -0.1) is 0 Å². The molecule has 1 aliphatic carbocycles. The zero-order valence-electron chi connectivity index (χ0n) is 19.8. The number of ketones is 1. The molecular formula is C29H28N2O4. The Morgan fingerprint density at radius 2 is 1.63 bits per heavy atom. The number of para-hydroxylation sites is 3. The molecule has 1 heterocycles. The molecule has 3 aromatic rings. The quantitative estimate of drug-likeness (QED) is 0.381. The third-order valence-corrected chi connectivity index (χ3v) is 6.69. The van der Waals surface area contributed by atoms with Crippen molar-refractivity contribution in [2.75, 3.05) is 17.7 Å². The van der Waals surface area contributed by atoms with Crippen molar-refractivity contribution in [2.24, 2.45) is 11.8 Å². The number of nitrogens with one attached hydrogen (secondary N) is 2. The molecule has 0 saturated heterocycles. The van der Waals surface area contributed by atoms with Crippen molar-refractivity contribution in [1.29, 1.82) is 0 Å². The predicted octanol–water partition coefficient (Wildman–Crippen LogP) is 5.50. The number of allylic oxidation sites excluding steroid dienone is 1. The Morgan fingerprint density at radius 1 is 0.943 bits per heavy atom. The summed E-state index contributed by atoms with van der Waals surface area (Å²) < 4.78 is 11.3. The van der Waals surface area contributed by atoms with E-state index in [2.05, 4.69) is 10.6 Å². The normalized spacial score (nSPS) is 21.1. The molecule has 0 spiro atoms. The number of Topliss-reactive ketones (excluding diaryl/α,β-unsaturated/α-hetero) is 1. The maximum absolute atomic E-state index is 13.9. The molecule has 1 aliphatic heterocycles. The minimum atomic E-state index is -0.844. The monoisotopic (exact) mass is 468 g/mol. The molecule has 6 nitrogen and oxygen atoms in total. The summed E-state index contributed by atoms with van der Waals surface area (Å²) >= 11 is 0. The fourth-order valence-electron chi connectivity index (χ4n) is 4.95. The van der Waals surface area contributed by atoms with Crippen LogP contribution in [0.5, 0.6) is 5.75 Å². The number of carbonyl (C=O) groups excluding carboxylic acids is 2. The van der Waals surface area contributed by atoms with Crippen molar-refractivity contribution in [1.82, 2.24) is 0 Å². The average Bonchev–Trinajstić information content (AvgIpc) is 3.04. The van der Waals surface area contributed by atoms with E-state index in [0.29, 0.717) is 24.4 Å². The number of fused-ring (bicyclic) bond motifs is 1. The van der Waals surface area contributed by atoms with Crippen LogP contribution in [0.3, 0.4) is 0 Å². The molecule has 0 unspecified atom stereocenters. The molecule has 178 valence electrons.